The third-order valence-electron chi connectivity index (χ3n) is 5.48. The Bertz CT molecular complexity index is 1380. The highest BCUT2D eigenvalue weighted by Gasteiger charge is 2.39. The Kier molecular flexibility index (Phi) is 5.21. The van der Waals surface area contributed by atoms with Crippen LogP contribution in [0.3, 0.4) is 0 Å². The Labute approximate surface area is 193 Å². The van der Waals surface area contributed by atoms with E-state index in [-0.39, 0.29) is 17.7 Å². The minimum Gasteiger partial charge on any atom is -0.438 e. The molecule has 2 amide bonds. The van der Waals surface area contributed by atoms with Gasteiger partial charge in [-0.3, -0.25) is 14.7 Å². The van der Waals surface area contributed by atoms with Gasteiger partial charge in [-0.1, -0.05) is 18.5 Å². The average Bonchev–Trinajstić information content (AvgIpc) is 3.15. The number of benzene rings is 1. The molecule has 4 aromatic rings. The number of halogens is 1. The number of carbonyl (C=O) groups excluding carboxylic acids is 2. The lowest BCUT2D eigenvalue weighted by Crippen LogP contribution is -2.14. The molecule has 0 radical (unpaired) electrons. The van der Waals surface area contributed by atoms with Crippen molar-refractivity contribution >= 4 is 40.6 Å². The molecule has 2 atom stereocenters. The van der Waals surface area contributed by atoms with E-state index < -0.39 is 0 Å². The van der Waals surface area contributed by atoms with Crippen molar-refractivity contribution in [3.8, 4) is 11.6 Å². The fourth-order valence-electron chi connectivity index (χ4n) is 3.44. The molecule has 5 rings (SSSR count). The van der Waals surface area contributed by atoms with Gasteiger partial charge >= 0.3 is 0 Å². The summed E-state index contributed by atoms with van der Waals surface area (Å²) in [6.45, 7) is 3.80. The summed E-state index contributed by atoms with van der Waals surface area (Å²) in [4.78, 5) is 29.0. The van der Waals surface area contributed by atoms with Crippen LogP contribution in [0.2, 0.25) is 5.02 Å². The van der Waals surface area contributed by atoms with E-state index >= 15 is 0 Å². The molecule has 0 spiro atoms. The lowest BCUT2D eigenvalue weighted by atomic mass is 10.2. The summed E-state index contributed by atoms with van der Waals surface area (Å²) in [6, 6.07) is 8.30. The predicted octanol–water partition coefficient (Wildman–Crippen LogP) is 4.05. The van der Waals surface area contributed by atoms with Gasteiger partial charge in [0.05, 0.1) is 28.7 Å². The molecular weight excluding hydrogens is 446 g/mol. The molecule has 11 heteroatoms. The van der Waals surface area contributed by atoms with Gasteiger partial charge in [0.15, 0.2) is 11.5 Å². The number of aromatic nitrogens is 5. The van der Waals surface area contributed by atoms with Crippen LogP contribution in [-0.4, -0.2) is 36.6 Å². The number of imidazole rings is 1. The van der Waals surface area contributed by atoms with Gasteiger partial charge in [0.2, 0.25) is 11.8 Å². The molecule has 0 saturated heterocycles. The second-order valence-electron chi connectivity index (χ2n) is 8.02. The van der Waals surface area contributed by atoms with E-state index in [9.17, 15) is 9.59 Å². The van der Waals surface area contributed by atoms with Gasteiger partial charge in [-0.15, -0.1) is 5.10 Å². The second-order valence-corrected chi connectivity index (χ2v) is 8.42. The number of anilines is 2. The zero-order chi connectivity index (χ0) is 23.1. The summed E-state index contributed by atoms with van der Waals surface area (Å²) in [5.41, 5.74) is 2.03. The lowest BCUT2D eigenvalue weighted by molar-refractivity contribution is -0.117. The fraction of sp³-hybridized carbons (Fsp3) is 0.227. The zero-order valence-corrected chi connectivity index (χ0v) is 18.6. The van der Waals surface area contributed by atoms with E-state index in [1.165, 1.54) is 10.7 Å². The summed E-state index contributed by atoms with van der Waals surface area (Å²) < 4.78 is 7.38. The number of fused-ring (bicyclic) bond motifs is 1. The summed E-state index contributed by atoms with van der Waals surface area (Å²) in [6.07, 6.45) is 3.99. The predicted molar refractivity (Wildman–Crippen MR) is 122 cm³/mol. The van der Waals surface area contributed by atoms with Crippen LogP contribution < -0.4 is 15.4 Å². The average molecular weight is 466 g/mol. The number of rotatable bonds is 6. The van der Waals surface area contributed by atoms with Gasteiger partial charge in [0.25, 0.3) is 5.91 Å². The largest absolute Gasteiger partial charge is 0.438 e. The molecule has 0 bridgehead atoms. The maximum atomic E-state index is 12.5. The number of ether oxygens (including phenoxy) is 1. The molecule has 2 unspecified atom stereocenters. The summed E-state index contributed by atoms with van der Waals surface area (Å²) in [5, 5.41) is 16.9. The first-order valence-electron chi connectivity index (χ1n) is 10.3. The van der Waals surface area contributed by atoms with Gasteiger partial charge < -0.3 is 15.4 Å². The topological polar surface area (TPSA) is 126 Å². The van der Waals surface area contributed by atoms with E-state index in [0.717, 1.165) is 6.42 Å². The number of hydrogen-bond donors (Lipinski definition) is 3. The van der Waals surface area contributed by atoms with Crippen LogP contribution in [0.4, 0.5) is 11.5 Å². The smallest absolute Gasteiger partial charge is 0.259 e. The van der Waals surface area contributed by atoms with E-state index in [1.54, 1.807) is 43.5 Å². The fourth-order valence-corrected chi connectivity index (χ4v) is 3.60. The Balaban J connectivity index is 1.31. The van der Waals surface area contributed by atoms with E-state index in [4.69, 9.17) is 16.3 Å². The molecule has 168 valence electrons. The normalized spacial score (nSPS) is 17.1. The number of H-pyrrole nitrogens is 1. The van der Waals surface area contributed by atoms with Crippen LogP contribution in [-0.2, 0) is 4.79 Å². The summed E-state index contributed by atoms with van der Waals surface area (Å²) in [5.74, 6) is 1.28. The first kappa shape index (κ1) is 21.0. The van der Waals surface area contributed by atoms with Gasteiger partial charge in [-0.25, -0.2) is 9.50 Å². The highest BCUT2D eigenvalue weighted by atomic mass is 35.5. The molecule has 1 fully saturated rings. The molecule has 1 aromatic carbocycles. The minimum absolute atomic E-state index is 0.0243. The molecule has 1 aliphatic carbocycles. The number of hydrogen-bond acceptors (Lipinski definition) is 6. The van der Waals surface area contributed by atoms with E-state index in [2.05, 4.69) is 30.9 Å². The number of amides is 2. The van der Waals surface area contributed by atoms with Crippen molar-refractivity contribution in [2.75, 3.05) is 10.6 Å². The Morgan fingerprint density at radius 1 is 1.24 bits per heavy atom. The molecule has 1 saturated carbocycles. The molecule has 0 aliphatic heterocycles. The van der Waals surface area contributed by atoms with Crippen LogP contribution in [0.1, 0.15) is 29.4 Å². The number of aromatic amines is 1. The zero-order valence-electron chi connectivity index (χ0n) is 17.8. The molecule has 3 aromatic heterocycles. The summed E-state index contributed by atoms with van der Waals surface area (Å²) in [7, 11) is 0. The van der Waals surface area contributed by atoms with Crippen molar-refractivity contribution in [2.24, 2.45) is 11.8 Å². The quantitative estimate of drug-likeness (QED) is 0.394. The Morgan fingerprint density at radius 3 is 2.79 bits per heavy atom. The molecule has 1 aliphatic rings. The van der Waals surface area contributed by atoms with Gasteiger partial charge in [0.1, 0.15) is 5.75 Å². The van der Waals surface area contributed by atoms with Crippen LogP contribution in [0.15, 0.2) is 42.7 Å². The standard InChI is InChI=1S/C22H20ClN7O3/c1-11-7-14(11)21(31)27-18-10-30-19(26-18)5-6-20(29-30)33-13-3-4-16(23)17(8-13)25-22(32)15-9-24-28-12(15)2/h3-6,8-11,14H,7H2,1-2H3,(H,24,28)(H,25,32)(H,27,31). The number of carbonyl (C=O) groups is 2. The summed E-state index contributed by atoms with van der Waals surface area (Å²) >= 11 is 6.25. The highest BCUT2D eigenvalue weighted by Crippen LogP contribution is 2.38. The van der Waals surface area contributed by atoms with Crippen molar-refractivity contribution in [1.29, 1.82) is 0 Å². The lowest BCUT2D eigenvalue weighted by Gasteiger charge is -2.10. The first-order valence-corrected chi connectivity index (χ1v) is 10.7. The molecule has 33 heavy (non-hydrogen) atoms. The third-order valence-corrected chi connectivity index (χ3v) is 5.81. The van der Waals surface area contributed by atoms with Crippen molar-refractivity contribution < 1.29 is 14.3 Å². The van der Waals surface area contributed by atoms with Crippen LogP contribution in [0.5, 0.6) is 11.6 Å². The van der Waals surface area contributed by atoms with Crippen LogP contribution in [0.25, 0.3) is 5.65 Å². The van der Waals surface area contributed by atoms with Gasteiger partial charge in [-0.05, 0) is 37.5 Å². The van der Waals surface area contributed by atoms with Crippen molar-refractivity contribution in [3.05, 3.63) is 59.0 Å². The van der Waals surface area contributed by atoms with E-state index in [1.807, 2.05) is 6.92 Å². The maximum Gasteiger partial charge on any atom is 0.259 e. The van der Waals surface area contributed by atoms with Crippen molar-refractivity contribution in [2.45, 2.75) is 20.3 Å². The monoisotopic (exact) mass is 465 g/mol. The molecule has 10 nitrogen and oxygen atoms in total. The Morgan fingerprint density at radius 2 is 2.06 bits per heavy atom. The maximum absolute atomic E-state index is 12.5. The molecular formula is C22H20ClN7O3. The highest BCUT2D eigenvalue weighted by molar-refractivity contribution is 6.34. The van der Waals surface area contributed by atoms with Crippen molar-refractivity contribution in [1.82, 2.24) is 24.8 Å². The second kappa shape index (κ2) is 8.21. The molecule has 3 N–H and O–H groups in total. The number of nitrogens with one attached hydrogen (secondary N) is 3. The number of nitrogens with zero attached hydrogens (tertiary/aromatic N) is 4. The third kappa shape index (κ3) is 4.37. The first-order chi connectivity index (χ1) is 15.9. The van der Waals surface area contributed by atoms with Crippen LogP contribution >= 0.6 is 11.6 Å². The van der Waals surface area contributed by atoms with Gasteiger partial charge in [-0.2, -0.15) is 5.10 Å². The van der Waals surface area contributed by atoms with Crippen molar-refractivity contribution in [3.63, 3.8) is 0 Å². The van der Waals surface area contributed by atoms with E-state index in [0.29, 0.717) is 51.0 Å². The molecule has 3 heterocycles. The SMILES string of the molecule is Cc1[nH]ncc1C(=O)Nc1cc(Oc2ccc3nc(NC(=O)C4CC4C)cn3n2)ccc1Cl. The number of aryl methyl sites for hydroxylation is 1. The Hall–Kier alpha value is -3.92. The van der Waals surface area contributed by atoms with Gasteiger partial charge in [0, 0.05) is 23.7 Å². The minimum atomic E-state index is -0.339. The van der Waals surface area contributed by atoms with Crippen LogP contribution in [0, 0.1) is 18.8 Å².